The van der Waals surface area contributed by atoms with Crippen molar-refractivity contribution in [2.24, 2.45) is 0 Å². The van der Waals surface area contributed by atoms with Crippen LogP contribution in [0.3, 0.4) is 0 Å². The summed E-state index contributed by atoms with van der Waals surface area (Å²) in [4.78, 5) is 22.1. The van der Waals surface area contributed by atoms with E-state index in [9.17, 15) is 20.0 Å². The molecule has 1 amide bonds. The van der Waals surface area contributed by atoms with E-state index in [1.807, 2.05) is 0 Å². The molecule has 0 bridgehead atoms. The largest absolute Gasteiger partial charge is 0.503 e. The van der Waals surface area contributed by atoms with Gasteiger partial charge in [0.05, 0.1) is 12.1 Å². The fourth-order valence-electron chi connectivity index (χ4n) is 2.25. The second-order valence-electron chi connectivity index (χ2n) is 4.49. The molecule has 8 heteroatoms. The van der Waals surface area contributed by atoms with Crippen molar-refractivity contribution in [2.75, 3.05) is 7.11 Å². The van der Waals surface area contributed by atoms with Crippen molar-refractivity contribution < 1.29 is 19.6 Å². The van der Waals surface area contributed by atoms with Crippen LogP contribution in [-0.4, -0.2) is 29.1 Å². The molecule has 0 aliphatic carbocycles. The fraction of sp³-hybridized carbons (Fsp3) is 0.417. The Bertz CT molecular complexity index is 563. The molecule has 20 heavy (non-hydrogen) atoms. The van der Waals surface area contributed by atoms with Crippen molar-refractivity contribution >= 4 is 17.5 Å². The third kappa shape index (κ3) is 2.62. The van der Waals surface area contributed by atoms with Gasteiger partial charge < -0.3 is 15.2 Å². The van der Waals surface area contributed by atoms with Gasteiger partial charge in [-0.1, -0.05) is 11.6 Å². The maximum absolute atomic E-state index is 11.5. The number of hydrogen-bond acceptors (Lipinski definition) is 5. The van der Waals surface area contributed by atoms with E-state index in [1.54, 1.807) is 0 Å². The molecule has 1 aromatic carbocycles. The first-order valence-corrected chi connectivity index (χ1v) is 6.31. The van der Waals surface area contributed by atoms with E-state index in [-0.39, 0.29) is 35.3 Å². The standard InChI is InChI=1S/C12H13ClN2O5/c1-20-9-5-6(4-7(13)12(9)17)11-8(15(18)19)2-3-10(16)14-11/h4-5,8,11,17H,2-3H2,1H3,(H,14,16)/t8-,11-/m0/s1. The fourth-order valence-corrected chi connectivity index (χ4v) is 2.47. The van der Waals surface area contributed by atoms with Crippen molar-refractivity contribution in [1.29, 1.82) is 0 Å². The van der Waals surface area contributed by atoms with Crippen LogP contribution in [0.25, 0.3) is 0 Å². The number of carbonyl (C=O) groups is 1. The van der Waals surface area contributed by atoms with Gasteiger partial charge in [-0.05, 0) is 17.7 Å². The van der Waals surface area contributed by atoms with Crippen molar-refractivity contribution in [2.45, 2.75) is 24.9 Å². The monoisotopic (exact) mass is 300 g/mol. The predicted octanol–water partition coefficient (Wildman–Crippen LogP) is 1.65. The highest BCUT2D eigenvalue weighted by Crippen LogP contribution is 2.38. The number of amides is 1. The summed E-state index contributed by atoms with van der Waals surface area (Å²) in [5.74, 6) is -0.386. The molecule has 1 heterocycles. The normalized spacial score (nSPS) is 22.2. The average molecular weight is 301 g/mol. The summed E-state index contributed by atoms with van der Waals surface area (Å²) in [7, 11) is 1.35. The molecule has 1 fully saturated rings. The van der Waals surface area contributed by atoms with Gasteiger partial charge in [0.15, 0.2) is 11.5 Å². The Kier molecular flexibility index (Phi) is 3.99. The molecule has 0 aromatic heterocycles. The lowest BCUT2D eigenvalue weighted by Crippen LogP contribution is -2.45. The highest BCUT2D eigenvalue weighted by atomic mass is 35.5. The third-order valence-corrected chi connectivity index (χ3v) is 3.56. The van der Waals surface area contributed by atoms with E-state index in [4.69, 9.17) is 16.3 Å². The minimum atomic E-state index is -0.932. The van der Waals surface area contributed by atoms with Crippen molar-refractivity contribution in [3.05, 3.63) is 32.8 Å². The zero-order valence-electron chi connectivity index (χ0n) is 10.6. The number of halogens is 1. The zero-order valence-corrected chi connectivity index (χ0v) is 11.4. The Morgan fingerprint density at radius 1 is 1.55 bits per heavy atom. The van der Waals surface area contributed by atoms with Gasteiger partial charge in [-0.2, -0.15) is 0 Å². The van der Waals surface area contributed by atoms with Gasteiger partial charge in [0.1, 0.15) is 6.04 Å². The molecule has 0 unspecified atom stereocenters. The molecule has 108 valence electrons. The topological polar surface area (TPSA) is 102 Å². The Hall–Kier alpha value is -2.02. The number of hydrogen-bond donors (Lipinski definition) is 2. The summed E-state index contributed by atoms with van der Waals surface area (Å²) in [6.45, 7) is 0. The van der Waals surface area contributed by atoms with Crippen LogP contribution in [0.2, 0.25) is 5.02 Å². The summed E-state index contributed by atoms with van der Waals surface area (Å²) in [5.41, 5.74) is 0.430. The van der Waals surface area contributed by atoms with Gasteiger partial charge in [-0.15, -0.1) is 0 Å². The quantitative estimate of drug-likeness (QED) is 0.653. The number of ether oxygens (including phenoxy) is 1. The minimum absolute atomic E-state index is 0.0151. The molecule has 0 saturated carbocycles. The smallest absolute Gasteiger partial charge is 0.237 e. The van der Waals surface area contributed by atoms with E-state index in [0.717, 1.165) is 0 Å². The molecule has 1 aromatic rings. The molecule has 1 aliphatic heterocycles. The lowest BCUT2D eigenvalue weighted by molar-refractivity contribution is -0.529. The number of methoxy groups -OCH3 is 1. The molecule has 1 saturated heterocycles. The van der Waals surface area contributed by atoms with Gasteiger partial charge in [-0.3, -0.25) is 14.9 Å². The Morgan fingerprint density at radius 3 is 2.85 bits per heavy atom. The number of nitrogens with one attached hydrogen (secondary N) is 1. The summed E-state index contributed by atoms with van der Waals surface area (Å²) in [5, 5.41) is 23.4. The number of phenolic OH excluding ortho intramolecular Hbond substituents is 1. The maximum Gasteiger partial charge on any atom is 0.237 e. The predicted molar refractivity (Wildman–Crippen MR) is 70.6 cm³/mol. The summed E-state index contributed by atoms with van der Waals surface area (Å²) >= 11 is 5.87. The molecule has 2 atom stereocenters. The van der Waals surface area contributed by atoms with Gasteiger partial charge in [0, 0.05) is 17.8 Å². The Balaban J connectivity index is 2.43. The molecule has 1 aliphatic rings. The lowest BCUT2D eigenvalue weighted by Gasteiger charge is -2.27. The van der Waals surface area contributed by atoms with Gasteiger partial charge in [-0.25, -0.2) is 0 Å². The lowest BCUT2D eigenvalue weighted by atomic mass is 9.92. The Labute approximate surface area is 119 Å². The molecule has 2 rings (SSSR count). The van der Waals surface area contributed by atoms with Crippen LogP contribution in [0.4, 0.5) is 0 Å². The van der Waals surface area contributed by atoms with Gasteiger partial charge >= 0.3 is 0 Å². The average Bonchev–Trinajstić information content (AvgIpc) is 2.41. The van der Waals surface area contributed by atoms with Crippen molar-refractivity contribution in [3.63, 3.8) is 0 Å². The van der Waals surface area contributed by atoms with Crippen LogP contribution >= 0.6 is 11.6 Å². The third-order valence-electron chi connectivity index (χ3n) is 3.27. The van der Waals surface area contributed by atoms with E-state index >= 15 is 0 Å². The minimum Gasteiger partial charge on any atom is -0.503 e. The second kappa shape index (κ2) is 5.54. The first kappa shape index (κ1) is 14.4. The number of benzene rings is 1. The highest BCUT2D eigenvalue weighted by molar-refractivity contribution is 6.32. The molecule has 2 N–H and O–H groups in total. The molecular weight excluding hydrogens is 288 g/mol. The van der Waals surface area contributed by atoms with E-state index in [2.05, 4.69) is 5.32 Å². The van der Waals surface area contributed by atoms with Gasteiger partial charge in [0.2, 0.25) is 11.9 Å². The first-order valence-electron chi connectivity index (χ1n) is 5.93. The van der Waals surface area contributed by atoms with Crippen LogP contribution in [-0.2, 0) is 4.79 Å². The molecule has 7 nitrogen and oxygen atoms in total. The van der Waals surface area contributed by atoms with Crippen LogP contribution in [0.5, 0.6) is 11.5 Å². The van der Waals surface area contributed by atoms with Crippen LogP contribution in [0.15, 0.2) is 12.1 Å². The first-order chi connectivity index (χ1) is 9.43. The number of rotatable bonds is 3. The number of piperidine rings is 1. The number of nitrogens with zero attached hydrogens (tertiary/aromatic N) is 1. The Morgan fingerprint density at radius 2 is 2.25 bits per heavy atom. The molecular formula is C12H13ClN2O5. The number of nitro groups is 1. The van der Waals surface area contributed by atoms with Gasteiger partial charge in [0.25, 0.3) is 0 Å². The summed E-state index contributed by atoms with van der Waals surface area (Å²) in [6, 6.07) is 1.11. The molecule has 0 radical (unpaired) electrons. The molecule has 0 spiro atoms. The van der Waals surface area contributed by atoms with E-state index < -0.39 is 17.0 Å². The van der Waals surface area contributed by atoms with Crippen molar-refractivity contribution in [1.82, 2.24) is 5.32 Å². The summed E-state index contributed by atoms with van der Waals surface area (Å²) in [6.07, 6.45) is 0.273. The summed E-state index contributed by atoms with van der Waals surface area (Å²) < 4.78 is 4.96. The van der Waals surface area contributed by atoms with Crippen molar-refractivity contribution in [3.8, 4) is 11.5 Å². The van der Waals surface area contributed by atoms with E-state index in [1.165, 1.54) is 19.2 Å². The van der Waals surface area contributed by atoms with Crippen LogP contribution < -0.4 is 10.1 Å². The number of phenols is 1. The second-order valence-corrected chi connectivity index (χ2v) is 4.90. The van der Waals surface area contributed by atoms with E-state index in [0.29, 0.717) is 5.56 Å². The number of carbonyl (C=O) groups excluding carboxylic acids is 1. The number of aromatic hydroxyl groups is 1. The maximum atomic E-state index is 11.5. The SMILES string of the molecule is COc1cc([C@@H]2NC(=O)CC[C@@H]2[N+](=O)[O-])cc(Cl)c1O. The highest BCUT2D eigenvalue weighted by Gasteiger charge is 2.38. The van der Waals surface area contributed by atoms with Crippen LogP contribution in [0, 0.1) is 10.1 Å². The zero-order chi connectivity index (χ0) is 14.9. The van der Waals surface area contributed by atoms with Crippen LogP contribution in [0.1, 0.15) is 24.4 Å².